The summed E-state index contributed by atoms with van der Waals surface area (Å²) in [4.78, 5) is 56.1. The molecule has 10 nitrogen and oxygen atoms in total. The molecule has 2 aliphatic heterocycles. The van der Waals surface area contributed by atoms with Crippen LogP contribution < -0.4 is 18.9 Å². The van der Waals surface area contributed by atoms with Crippen molar-refractivity contribution in [3.63, 3.8) is 0 Å². The highest BCUT2D eigenvalue weighted by atomic mass is 16.7. The molecule has 0 saturated heterocycles. The maximum absolute atomic E-state index is 14.1. The molecule has 4 aliphatic rings. The highest BCUT2D eigenvalue weighted by Gasteiger charge is 2.74. The minimum atomic E-state index is -1.87. The summed E-state index contributed by atoms with van der Waals surface area (Å²) >= 11 is 0. The molecule has 0 unspecified atom stereocenters. The summed E-state index contributed by atoms with van der Waals surface area (Å²) < 4.78 is 32.9. The fourth-order valence-corrected chi connectivity index (χ4v) is 6.63. The average molecular weight is 547 g/mol. The van der Waals surface area contributed by atoms with Gasteiger partial charge >= 0.3 is 11.9 Å². The summed E-state index contributed by atoms with van der Waals surface area (Å²) in [7, 11) is 0. The number of carbonyl (C=O) groups is 4. The Kier molecular flexibility index (Phi) is 6.13. The van der Waals surface area contributed by atoms with Gasteiger partial charge in [0.1, 0.15) is 13.2 Å². The molecule has 0 bridgehead atoms. The molecule has 0 amide bonds. The van der Waals surface area contributed by atoms with E-state index in [2.05, 4.69) is 13.2 Å². The van der Waals surface area contributed by atoms with Gasteiger partial charge < -0.3 is 28.4 Å². The molecule has 0 spiro atoms. The second-order valence-electron chi connectivity index (χ2n) is 9.99. The molecule has 0 aromatic heterocycles. The molecule has 2 aliphatic carbocycles. The van der Waals surface area contributed by atoms with Crippen LogP contribution in [0.1, 0.15) is 24.0 Å². The Balaban J connectivity index is 1.54. The molecule has 0 radical (unpaired) electrons. The minimum Gasteiger partial charge on any atom is -0.460 e. The van der Waals surface area contributed by atoms with Gasteiger partial charge in [-0.25, -0.2) is 0 Å². The molecule has 2 fully saturated rings. The third kappa shape index (κ3) is 3.41. The molecular formula is C30H26O10. The van der Waals surface area contributed by atoms with Gasteiger partial charge in [-0.15, -0.1) is 0 Å². The van der Waals surface area contributed by atoms with Gasteiger partial charge in [0.15, 0.2) is 45.4 Å². The van der Waals surface area contributed by atoms with Gasteiger partial charge in [0, 0.05) is 12.8 Å². The standard InChI is InChI=1S/C30H26O10/c1-3-9-35-27(33)29(17-5-7-21-23(11-17)39-15-37-21)19-13-26(32)30(20(19)14-25(29)31,28(34)36-10-4-2)18-6-8-22-24(12-18)40-16-38-22/h3-8,11-12,19-20H,1-2,9-10,13-16H2/t19-,20-,29-,30-/m0/s1. The van der Waals surface area contributed by atoms with Crippen LogP contribution in [0, 0.1) is 11.8 Å². The number of hydrogen-bond donors (Lipinski definition) is 0. The Morgan fingerprint density at radius 3 is 1.52 bits per heavy atom. The van der Waals surface area contributed by atoms with E-state index in [9.17, 15) is 19.2 Å². The fourth-order valence-electron chi connectivity index (χ4n) is 6.63. The van der Waals surface area contributed by atoms with Crippen LogP contribution in [-0.4, -0.2) is 50.3 Å². The Labute approximate surface area is 229 Å². The first-order valence-electron chi connectivity index (χ1n) is 12.8. The summed E-state index contributed by atoms with van der Waals surface area (Å²) in [6, 6.07) is 9.56. The molecule has 2 heterocycles. The van der Waals surface area contributed by atoms with Crippen LogP contribution in [0.2, 0.25) is 0 Å². The SMILES string of the molecule is C=CCOC(=O)[C@]1(c2ccc3c(c2)OCO3)C(=O)C[C@H]2[C@@H]1CC(=O)[C@]2(C(=O)OCC=C)c1ccc2c(c1)OCO2. The van der Waals surface area contributed by atoms with Crippen molar-refractivity contribution in [3.8, 4) is 23.0 Å². The van der Waals surface area contributed by atoms with Crippen LogP contribution in [0.4, 0.5) is 0 Å². The van der Waals surface area contributed by atoms with Crippen molar-refractivity contribution in [3.05, 3.63) is 72.8 Å². The summed E-state index contributed by atoms with van der Waals surface area (Å²) in [6.07, 6.45) is 2.30. The van der Waals surface area contributed by atoms with Gasteiger partial charge in [-0.2, -0.15) is 0 Å². The number of rotatable bonds is 8. The predicted octanol–water partition coefficient (Wildman–Crippen LogP) is 2.96. The van der Waals surface area contributed by atoms with E-state index in [-0.39, 0.29) is 39.6 Å². The van der Waals surface area contributed by atoms with Crippen LogP contribution in [0.5, 0.6) is 23.0 Å². The van der Waals surface area contributed by atoms with Crippen LogP contribution in [-0.2, 0) is 39.5 Å². The van der Waals surface area contributed by atoms with Gasteiger partial charge in [0.2, 0.25) is 13.6 Å². The van der Waals surface area contributed by atoms with Gasteiger partial charge in [0.25, 0.3) is 0 Å². The van der Waals surface area contributed by atoms with E-state index in [1.807, 2.05) is 0 Å². The Bertz CT molecular complexity index is 1350. The van der Waals surface area contributed by atoms with E-state index >= 15 is 0 Å². The Morgan fingerprint density at radius 1 is 0.725 bits per heavy atom. The summed E-state index contributed by atoms with van der Waals surface area (Å²) in [5, 5.41) is 0. The van der Waals surface area contributed by atoms with Gasteiger partial charge in [-0.3, -0.25) is 19.2 Å². The van der Waals surface area contributed by atoms with Crippen molar-refractivity contribution in [1.29, 1.82) is 0 Å². The van der Waals surface area contributed by atoms with Crippen molar-refractivity contribution in [2.75, 3.05) is 26.8 Å². The Morgan fingerprint density at radius 2 is 1.12 bits per heavy atom. The highest BCUT2D eigenvalue weighted by Crippen LogP contribution is 2.62. The van der Waals surface area contributed by atoms with Gasteiger partial charge in [-0.1, -0.05) is 37.4 Å². The number of hydrogen-bond acceptors (Lipinski definition) is 10. The number of ether oxygens (including phenoxy) is 6. The molecule has 2 saturated carbocycles. The van der Waals surface area contributed by atoms with E-state index in [0.717, 1.165) is 0 Å². The molecule has 10 heteroatoms. The fraction of sp³-hybridized carbons (Fsp3) is 0.333. The molecule has 206 valence electrons. The number of carbonyl (C=O) groups excluding carboxylic acids is 4. The molecule has 2 aromatic carbocycles. The van der Waals surface area contributed by atoms with E-state index in [1.54, 1.807) is 36.4 Å². The minimum absolute atomic E-state index is 0.00640. The van der Waals surface area contributed by atoms with E-state index in [0.29, 0.717) is 34.1 Å². The Hall–Kier alpha value is -4.60. The first-order valence-corrected chi connectivity index (χ1v) is 12.8. The summed E-state index contributed by atoms with van der Waals surface area (Å²) in [5.41, 5.74) is -3.14. The van der Waals surface area contributed by atoms with Crippen molar-refractivity contribution >= 4 is 23.5 Å². The lowest BCUT2D eigenvalue weighted by atomic mass is 9.67. The molecule has 2 aromatic rings. The second kappa shape index (κ2) is 9.55. The monoisotopic (exact) mass is 546 g/mol. The lowest BCUT2D eigenvalue weighted by Crippen LogP contribution is -2.48. The second-order valence-corrected chi connectivity index (χ2v) is 9.99. The van der Waals surface area contributed by atoms with Crippen molar-refractivity contribution in [1.82, 2.24) is 0 Å². The molecule has 0 N–H and O–H groups in total. The topological polar surface area (TPSA) is 124 Å². The maximum atomic E-state index is 14.1. The van der Waals surface area contributed by atoms with Crippen LogP contribution in [0.3, 0.4) is 0 Å². The highest BCUT2D eigenvalue weighted by molar-refractivity contribution is 6.19. The summed E-state index contributed by atoms with van der Waals surface area (Å²) in [6.45, 7) is 6.90. The zero-order valence-electron chi connectivity index (χ0n) is 21.5. The third-order valence-corrected chi connectivity index (χ3v) is 8.25. The van der Waals surface area contributed by atoms with Crippen LogP contribution in [0.25, 0.3) is 0 Å². The van der Waals surface area contributed by atoms with Crippen molar-refractivity contribution in [2.45, 2.75) is 23.7 Å². The van der Waals surface area contributed by atoms with Crippen LogP contribution >= 0.6 is 0 Å². The zero-order chi connectivity index (χ0) is 28.1. The van der Waals surface area contributed by atoms with Crippen molar-refractivity contribution in [2.24, 2.45) is 11.8 Å². The van der Waals surface area contributed by atoms with Gasteiger partial charge in [0.05, 0.1) is 0 Å². The molecule has 6 rings (SSSR count). The first kappa shape index (κ1) is 25.7. The zero-order valence-corrected chi connectivity index (χ0v) is 21.5. The number of Topliss-reactive ketones (excluding diaryl/α,β-unsaturated/α-hetero) is 2. The largest absolute Gasteiger partial charge is 0.460 e. The van der Waals surface area contributed by atoms with E-state index < -0.39 is 46.2 Å². The lowest BCUT2D eigenvalue weighted by molar-refractivity contribution is -0.156. The number of esters is 2. The number of fused-ring (bicyclic) bond motifs is 3. The summed E-state index contributed by atoms with van der Waals surface area (Å²) in [5.74, 6) is -2.75. The average Bonchev–Trinajstić information content (AvgIpc) is 3.73. The van der Waals surface area contributed by atoms with E-state index in [4.69, 9.17) is 28.4 Å². The molecule has 4 atom stereocenters. The number of benzene rings is 2. The van der Waals surface area contributed by atoms with Gasteiger partial charge in [-0.05, 0) is 47.2 Å². The van der Waals surface area contributed by atoms with Crippen LogP contribution in [0.15, 0.2) is 61.7 Å². The van der Waals surface area contributed by atoms with E-state index in [1.165, 1.54) is 12.2 Å². The molecule has 40 heavy (non-hydrogen) atoms. The predicted molar refractivity (Wildman–Crippen MR) is 137 cm³/mol. The quantitative estimate of drug-likeness (QED) is 0.277. The maximum Gasteiger partial charge on any atom is 0.324 e. The molecular weight excluding hydrogens is 520 g/mol. The first-order chi connectivity index (χ1) is 19.4. The number of ketones is 2. The van der Waals surface area contributed by atoms with Crippen molar-refractivity contribution < 1.29 is 47.6 Å². The normalized spacial score (nSPS) is 27.3. The smallest absolute Gasteiger partial charge is 0.324 e. The third-order valence-electron chi connectivity index (χ3n) is 8.25. The lowest BCUT2D eigenvalue weighted by Gasteiger charge is -2.34.